The van der Waals surface area contributed by atoms with E-state index in [2.05, 4.69) is 0 Å². The van der Waals surface area contributed by atoms with Crippen LogP contribution in [0.4, 0.5) is 0 Å². The molecule has 0 aliphatic carbocycles. The molecule has 0 saturated carbocycles. The fraction of sp³-hybridized carbons (Fsp3) is 1.00. The monoisotopic (exact) mass is 234 g/mol. The lowest BCUT2D eigenvalue weighted by atomic mass is 9.90. The summed E-state index contributed by atoms with van der Waals surface area (Å²) in [4.78, 5) is 10.2. The van der Waals surface area contributed by atoms with E-state index in [0.29, 0.717) is 0 Å². The van der Waals surface area contributed by atoms with Crippen LogP contribution in [0.1, 0.15) is 48.5 Å². The summed E-state index contributed by atoms with van der Waals surface area (Å²) in [6.07, 6.45) is 0. The number of hydrogen-bond donors (Lipinski definition) is 1. The summed E-state index contributed by atoms with van der Waals surface area (Å²) in [5.74, 6) is 0. The Morgan fingerprint density at radius 2 is 1.33 bits per heavy atom. The molecule has 4 nitrogen and oxygen atoms in total. The Labute approximate surface area is 93.0 Å². The molecular weight excluding hydrogens is 212 g/mol. The minimum atomic E-state index is -3.49. The van der Waals surface area contributed by atoms with E-state index in [4.69, 9.17) is 13.3 Å². The van der Waals surface area contributed by atoms with Crippen molar-refractivity contribution < 1.29 is 18.1 Å². The topological polar surface area (TPSA) is 47.9 Å². The Kier molecular flexibility index (Phi) is 2.86. The minimum absolute atomic E-state index is 0.475. The standard InChI is InChI=1S/C10H22O4Si/c1-8(2,3)12-15(11)13-9(4,5)10(6,7)14-15/h11H,1-7H3. The second kappa shape index (κ2) is 3.27. The molecule has 0 bridgehead atoms. The molecule has 0 aromatic rings. The average Bonchev–Trinajstić information content (AvgIpc) is 1.88. The van der Waals surface area contributed by atoms with E-state index in [0.717, 1.165) is 0 Å². The fourth-order valence-corrected chi connectivity index (χ4v) is 4.02. The molecule has 0 unspecified atom stereocenters. The maximum atomic E-state index is 10.2. The zero-order valence-corrected chi connectivity index (χ0v) is 11.7. The average molecular weight is 234 g/mol. The van der Waals surface area contributed by atoms with Crippen LogP contribution >= 0.6 is 0 Å². The first kappa shape index (κ1) is 13.1. The first-order chi connectivity index (χ1) is 6.37. The van der Waals surface area contributed by atoms with E-state index >= 15 is 0 Å². The van der Waals surface area contributed by atoms with Crippen LogP contribution in [-0.4, -0.2) is 30.6 Å². The predicted molar refractivity (Wildman–Crippen MR) is 59.1 cm³/mol. The van der Waals surface area contributed by atoms with Gasteiger partial charge in [-0.15, -0.1) is 0 Å². The molecule has 15 heavy (non-hydrogen) atoms. The van der Waals surface area contributed by atoms with Gasteiger partial charge in [0.1, 0.15) is 0 Å². The zero-order chi connectivity index (χ0) is 12.1. The van der Waals surface area contributed by atoms with Gasteiger partial charge in [0.25, 0.3) is 0 Å². The maximum Gasteiger partial charge on any atom is 0.678 e. The van der Waals surface area contributed by atoms with Gasteiger partial charge in [-0.05, 0) is 48.5 Å². The molecule has 1 rings (SSSR count). The molecular formula is C10H22O4Si. The van der Waals surface area contributed by atoms with Crippen molar-refractivity contribution in [2.24, 2.45) is 0 Å². The molecule has 5 heteroatoms. The van der Waals surface area contributed by atoms with E-state index in [1.807, 2.05) is 48.5 Å². The van der Waals surface area contributed by atoms with E-state index in [-0.39, 0.29) is 0 Å². The molecule has 90 valence electrons. The Bertz CT molecular complexity index is 239. The third-order valence-electron chi connectivity index (χ3n) is 2.65. The highest BCUT2D eigenvalue weighted by molar-refractivity contribution is 6.53. The summed E-state index contributed by atoms with van der Waals surface area (Å²) >= 11 is 0. The predicted octanol–water partition coefficient (Wildman–Crippen LogP) is 1.83. The summed E-state index contributed by atoms with van der Waals surface area (Å²) in [6, 6.07) is 0. The van der Waals surface area contributed by atoms with Crippen LogP contribution in [0.5, 0.6) is 0 Å². The molecule has 1 aliphatic rings. The van der Waals surface area contributed by atoms with Crippen LogP contribution in [0.3, 0.4) is 0 Å². The van der Waals surface area contributed by atoms with Crippen molar-refractivity contribution >= 4 is 9.05 Å². The van der Waals surface area contributed by atoms with E-state index < -0.39 is 25.9 Å². The van der Waals surface area contributed by atoms with Gasteiger partial charge in [0.2, 0.25) is 0 Å². The molecule has 0 spiro atoms. The largest absolute Gasteiger partial charge is 0.678 e. The first-order valence-corrected chi connectivity index (χ1v) is 6.87. The van der Waals surface area contributed by atoms with Gasteiger partial charge in [-0.25, -0.2) is 0 Å². The van der Waals surface area contributed by atoms with Crippen molar-refractivity contribution in [3.05, 3.63) is 0 Å². The Morgan fingerprint density at radius 3 is 1.60 bits per heavy atom. The highest BCUT2D eigenvalue weighted by atomic mass is 28.4. The summed E-state index contributed by atoms with van der Waals surface area (Å²) in [5, 5.41) is 0. The van der Waals surface area contributed by atoms with Crippen molar-refractivity contribution in [3.63, 3.8) is 0 Å². The van der Waals surface area contributed by atoms with Crippen molar-refractivity contribution in [2.75, 3.05) is 0 Å². The fourth-order valence-electron chi connectivity index (χ4n) is 1.34. The van der Waals surface area contributed by atoms with Crippen molar-refractivity contribution in [1.82, 2.24) is 0 Å². The van der Waals surface area contributed by atoms with Gasteiger partial charge < -0.3 is 18.1 Å². The molecule has 1 aliphatic heterocycles. The maximum absolute atomic E-state index is 10.2. The molecule has 0 atom stereocenters. The van der Waals surface area contributed by atoms with Gasteiger partial charge >= 0.3 is 9.05 Å². The zero-order valence-electron chi connectivity index (χ0n) is 10.7. The number of hydrogen-bond acceptors (Lipinski definition) is 4. The highest BCUT2D eigenvalue weighted by Crippen LogP contribution is 2.41. The molecule has 1 fully saturated rings. The van der Waals surface area contributed by atoms with Crippen LogP contribution in [0.25, 0.3) is 0 Å². The highest BCUT2D eigenvalue weighted by Gasteiger charge is 2.63. The third-order valence-corrected chi connectivity index (χ3v) is 5.06. The lowest BCUT2D eigenvalue weighted by Crippen LogP contribution is -2.48. The SMILES string of the molecule is CC(C)(C)O[Si]1(O)OC(C)(C)C(C)(C)O1. The van der Waals surface area contributed by atoms with Crippen molar-refractivity contribution in [2.45, 2.75) is 65.3 Å². The van der Waals surface area contributed by atoms with Gasteiger partial charge in [0.15, 0.2) is 0 Å². The molecule has 0 aromatic heterocycles. The van der Waals surface area contributed by atoms with Gasteiger partial charge in [0, 0.05) is 0 Å². The molecule has 0 aromatic carbocycles. The molecule has 1 N–H and O–H groups in total. The van der Waals surface area contributed by atoms with Crippen molar-refractivity contribution in [1.29, 1.82) is 0 Å². The lowest BCUT2D eigenvalue weighted by Gasteiger charge is -2.30. The molecule has 0 amide bonds. The second-order valence-electron chi connectivity index (χ2n) is 5.96. The Balaban J connectivity index is 2.85. The normalized spacial score (nSPS) is 28.0. The minimum Gasteiger partial charge on any atom is -0.367 e. The van der Waals surface area contributed by atoms with Gasteiger partial charge in [-0.3, -0.25) is 0 Å². The summed E-state index contributed by atoms with van der Waals surface area (Å²) in [5.41, 5.74) is -1.56. The van der Waals surface area contributed by atoms with Crippen molar-refractivity contribution in [3.8, 4) is 0 Å². The van der Waals surface area contributed by atoms with Crippen LogP contribution in [0.15, 0.2) is 0 Å². The van der Waals surface area contributed by atoms with Gasteiger partial charge in [0.05, 0.1) is 16.8 Å². The van der Waals surface area contributed by atoms with Gasteiger partial charge in [-0.2, -0.15) is 0 Å². The van der Waals surface area contributed by atoms with Crippen LogP contribution in [-0.2, 0) is 13.3 Å². The molecule has 1 heterocycles. The van der Waals surface area contributed by atoms with Crippen LogP contribution in [0.2, 0.25) is 0 Å². The first-order valence-electron chi connectivity index (χ1n) is 5.20. The Hall–Kier alpha value is 0.0569. The van der Waals surface area contributed by atoms with Crippen LogP contribution in [0, 0.1) is 0 Å². The van der Waals surface area contributed by atoms with E-state index in [9.17, 15) is 4.80 Å². The summed E-state index contributed by atoms with van der Waals surface area (Å²) in [7, 11) is -3.49. The van der Waals surface area contributed by atoms with E-state index in [1.54, 1.807) is 0 Å². The second-order valence-corrected chi connectivity index (χ2v) is 7.62. The third kappa shape index (κ3) is 2.79. The van der Waals surface area contributed by atoms with Gasteiger partial charge in [-0.1, -0.05) is 0 Å². The number of rotatable bonds is 1. The molecule has 1 saturated heterocycles. The lowest BCUT2D eigenvalue weighted by molar-refractivity contribution is -0.0302. The molecule has 0 radical (unpaired) electrons. The van der Waals surface area contributed by atoms with E-state index in [1.165, 1.54) is 0 Å². The summed E-state index contributed by atoms with van der Waals surface area (Å²) < 4.78 is 16.7. The summed E-state index contributed by atoms with van der Waals surface area (Å²) in [6.45, 7) is 13.2. The van der Waals surface area contributed by atoms with Crippen LogP contribution < -0.4 is 0 Å². The quantitative estimate of drug-likeness (QED) is 0.703. The Morgan fingerprint density at radius 1 is 1.00 bits per heavy atom. The smallest absolute Gasteiger partial charge is 0.367 e.